The minimum atomic E-state index is -4.60. The highest BCUT2D eigenvalue weighted by Gasteiger charge is 2.38. The fraction of sp³-hybridized carbons (Fsp3) is 0.522. The molecule has 1 aromatic heterocycles. The van der Waals surface area contributed by atoms with E-state index in [0.29, 0.717) is 24.9 Å². The summed E-state index contributed by atoms with van der Waals surface area (Å²) < 4.78 is 41.1. The van der Waals surface area contributed by atoms with Gasteiger partial charge in [-0.15, -0.1) is 0 Å². The van der Waals surface area contributed by atoms with Crippen LogP contribution in [0.4, 0.5) is 30.6 Å². The minimum absolute atomic E-state index is 0.0912. The predicted molar refractivity (Wildman–Crippen MR) is 118 cm³/mol. The van der Waals surface area contributed by atoms with Gasteiger partial charge in [0.1, 0.15) is 11.4 Å². The molecule has 1 saturated heterocycles. The molecule has 3 heterocycles. The number of carbonyl (C=O) groups excluding carboxylic acids is 1. The van der Waals surface area contributed by atoms with Crippen LogP contribution < -0.4 is 21.3 Å². The number of anilines is 3. The van der Waals surface area contributed by atoms with Gasteiger partial charge in [-0.3, -0.25) is 4.79 Å². The number of hydrogen-bond donors (Lipinski definition) is 4. The summed E-state index contributed by atoms with van der Waals surface area (Å²) in [5.41, 5.74) is 2.33. The first-order valence-electron chi connectivity index (χ1n) is 11.4. The molecule has 1 aliphatic carbocycles. The van der Waals surface area contributed by atoms with E-state index >= 15 is 0 Å². The molecule has 2 aromatic rings. The Morgan fingerprint density at radius 1 is 1.06 bits per heavy atom. The second kappa shape index (κ2) is 8.48. The third-order valence-electron chi connectivity index (χ3n) is 6.81. The third kappa shape index (κ3) is 4.48. The van der Waals surface area contributed by atoms with Crippen LogP contribution in [0, 0.1) is 0 Å². The van der Waals surface area contributed by atoms with Crippen molar-refractivity contribution in [2.24, 2.45) is 0 Å². The van der Waals surface area contributed by atoms with Crippen molar-refractivity contribution >= 4 is 23.4 Å². The molecule has 1 amide bonds. The molecule has 0 radical (unpaired) electrons. The Labute approximate surface area is 190 Å². The SMILES string of the molecule is CC(=O)N[C@@H]1CCCC[C@H]1Nc1nc(Nc2ccc3c(c2)C2CCC3N2)ncc1C(F)(F)F. The molecular formula is C23H27F3N6O. The van der Waals surface area contributed by atoms with Gasteiger partial charge >= 0.3 is 6.18 Å². The lowest BCUT2D eigenvalue weighted by molar-refractivity contribution is -0.137. The fourth-order valence-electron chi connectivity index (χ4n) is 5.31. The number of rotatable bonds is 5. The summed E-state index contributed by atoms with van der Waals surface area (Å²) in [5, 5.41) is 12.4. The summed E-state index contributed by atoms with van der Waals surface area (Å²) in [6.07, 6.45) is 1.57. The number of alkyl halides is 3. The zero-order valence-corrected chi connectivity index (χ0v) is 18.3. The van der Waals surface area contributed by atoms with Crippen molar-refractivity contribution in [1.29, 1.82) is 0 Å². The quantitative estimate of drug-likeness (QED) is 0.522. The molecule has 2 unspecified atom stereocenters. The standard InChI is InChI=1S/C23H27F3N6O/c1-12(33)28-19-4-2-3-5-20(19)31-21-16(23(24,25)26)11-27-22(32-21)29-13-6-7-14-15(10-13)18-9-8-17(14)30-18/h6-7,10-11,17-20,30H,2-5,8-9H2,1H3,(H,28,33)(H2,27,29,31,32)/t17?,18?,19-,20-/m1/s1. The molecule has 1 saturated carbocycles. The largest absolute Gasteiger partial charge is 0.421 e. The molecule has 2 fully saturated rings. The van der Waals surface area contributed by atoms with Crippen molar-refractivity contribution in [1.82, 2.24) is 20.6 Å². The Kier molecular flexibility index (Phi) is 5.64. The first-order valence-corrected chi connectivity index (χ1v) is 11.4. The third-order valence-corrected chi connectivity index (χ3v) is 6.81. The van der Waals surface area contributed by atoms with E-state index in [1.165, 1.54) is 18.1 Å². The molecule has 0 spiro atoms. The highest BCUT2D eigenvalue weighted by Crippen LogP contribution is 2.45. The van der Waals surface area contributed by atoms with Crippen LogP contribution >= 0.6 is 0 Å². The number of carbonyl (C=O) groups is 1. The minimum Gasteiger partial charge on any atom is -0.365 e. The number of nitrogens with one attached hydrogen (secondary N) is 4. The van der Waals surface area contributed by atoms with Gasteiger partial charge in [0, 0.05) is 43.0 Å². The first-order chi connectivity index (χ1) is 15.8. The second-order valence-electron chi connectivity index (χ2n) is 9.11. The van der Waals surface area contributed by atoms with E-state index in [4.69, 9.17) is 0 Å². The number of halogens is 3. The molecule has 2 aliphatic heterocycles. The van der Waals surface area contributed by atoms with Crippen LogP contribution in [-0.4, -0.2) is 28.0 Å². The van der Waals surface area contributed by atoms with Crippen molar-refractivity contribution < 1.29 is 18.0 Å². The average molecular weight is 461 g/mol. The summed E-state index contributed by atoms with van der Waals surface area (Å²) in [7, 11) is 0. The van der Waals surface area contributed by atoms with Gasteiger partial charge in [0.25, 0.3) is 0 Å². The van der Waals surface area contributed by atoms with Crippen molar-refractivity contribution in [3.05, 3.63) is 41.1 Å². The number of benzene rings is 1. The van der Waals surface area contributed by atoms with E-state index in [1.54, 1.807) is 0 Å². The first kappa shape index (κ1) is 21.9. The predicted octanol–water partition coefficient (Wildman–Crippen LogP) is 4.58. The van der Waals surface area contributed by atoms with Gasteiger partial charge in [0.15, 0.2) is 0 Å². The maximum atomic E-state index is 13.7. The topological polar surface area (TPSA) is 91.0 Å². The molecule has 33 heavy (non-hydrogen) atoms. The lowest BCUT2D eigenvalue weighted by Gasteiger charge is -2.33. The van der Waals surface area contributed by atoms with E-state index in [2.05, 4.69) is 37.3 Å². The molecule has 10 heteroatoms. The van der Waals surface area contributed by atoms with Crippen molar-refractivity contribution in [2.75, 3.05) is 10.6 Å². The van der Waals surface area contributed by atoms with E-state index in [0.717, 1.165) is 37.6 Å². The van der Waals surface area contributed by atoms with Gasteiger partial charge in [-0.2, -0.15) is 18.2 Å². The number of aromatic nitrogens is 2. The summed E-state index contributed by atoms with van der Waals surface area (Å²) in [4.78, 5) is 19.7. The van der Waals surface area contributed by atoms with E-state index in [9.17, 15) is 18.0 Å². The molecule has 176 valence electrons. The van der Waals surface area contributed by atoms with E-state index in [-0.39, 0.29) is 29.8 Å². The number of nitrogens with zero attached hydrogens (tertiary/aromatic N) is 2. The van der Waals surface area contributed by atoms with Crippen molar-refractivity contribution in [3.8, 4) is 0 Å². The van der Waals surface area contributed by atoms with Crippen LogP contribution in [-0.2, 0) is 11.0 Å². The van der Waals surface area contributed by atoms with Crippen LogP contribution in [0.3, 0.4) is 0 Å². The summed E-state index contributed by atoms with van der Waals surface area (Å²) in [6, 6.07) is 6.12. The Bertz CT molecular complexity index is 1060. The summed E-state index contributed by atoms with van der Waals surface area (Å²) in [6.45, 7) is 1.41. The molecular weight excluding hydrogens is 433 g/mol. The average Bonchev–Trinajstić information content (AvgIpc) is 3.37. The van der Waals surface area contributed by atoms with Gasteiger partial charge < -0.3 is 21.3 Å². The van der Waals surface area contributed by atoms with E-state index < -0.39 is 11.7 Å². The second-order valence-corrected chi connectivity index (χ2v) is 9.11. The molecule has 1 aromatic carbocycles. The van der Waals surface area contributed by atoms with Crippen LogP contribution in [0.1, 0.15) is 74.2 Å². The lowest BCUT2D eigenvalue weighted by atomic mass is 9.90. The molecule has 2 bridgehead atoms. The maximum absolute atomic E-state index is 13.7. The normalized spacial score (nSPS) is 26.1. The molecule has 4 atom stereocenters. The summed E-state index contributed by atoms with van der Waals surface area (Å²) >= 11 is 0. The van der Waals surface area contributed by atoms with Gasteiger partial charge in [-0.1, -0.05) is 18.9 Å². The Hall–Kier alpha value is -2.88. The van der Waals surface area contributed by atoms with Crippen molar-refractivity contribution in [2.45, 2.75) is 75.8 Å². The molecule has 5 rings (SSSR count). The molecule has 4 N–H and O–H groups in total. The fourth-order valence-corrected chi connectivity index (χ4v) is 5.31. The van der Waals surface area contributed by atoms with Crippen LogP contribution in [0.5, 0.6) is 0 Å². The Morgan fingerprint density at radius 3 is 2.52 bits per heavy atom. The van der Waals surface area contributed by atoms with Gasteiger partial charge in [-0.25, -0.2) is 4.98 Å². The van der Waals surface area contributed by atoms with Crippen LogP contribution in [0.15, 0.2) is 24.4 Å². The summed E-state index contributed by atoms with van der Waals surface area (Å²) in [5.74, 6) is -0.382. The number of fused-ring (bicyclic) bond motifs is 5. The van der Waals surface area contributed by atoms with Crippen LogP contribution in [0.25, 0.3) is 0 Å². The van der Waals surface area contributed by atoms with Gasteiger partial charge in [0.05, 0.1) is 0 Å². The zero-order chi connectivity index (χ0) is 23.2. The van der Waals surface area contributed by atoms with E-state index in [1.807, 2.05) is 12.1 Å². The smallest absolute Gasteiger partial charge is 0.365 e. The monoisotopic (exact) mass is 460 g/mol. The van der Waals surface area contributed by atoms with Crippen LogP contribution in [0.2, 0.25) is 0 Å². The van der Waals surface area contributed by atoms with Crippen molar-refractivity contribution in [3.63, 3.8) is 0 Å². The van der Waals surface area contributed by atoms with Gasteiger partial charge in [-0.05, 0) is 48.9 Å². The number of hydrogen-bond acceptors (Lipinski definition) is 6. The molecule has 7 nitrogen and oxygen atoms in total. The molecule has 3 aliphatic rings. The highest BCUT2D eigenvalue weighted by molar-refractivity contribution is 5.73. The highest BCUT2D eigenvalue weighted by atomic mass is 19.4. The maximum Gasteiger partial charge on any atom is 0.421 e. The number of amides is 1. The Balaban J connectivity index is 1.40. The zero-order valence-electron chi connectivity index (χ0n) is 18.3. The lowest BCUT2D eigenvalue weighted by Crippen LogP contribution is -2.48. The Morgan fingerprint density at radius 2 is 1.79 bits per heavy atom. The van der Waals surface area contributed by atoms with Gasteiger partial charge in [0.2, 0.25) is 11.9 Å².